The van der Waals surface area contributed by atoms with E-state index >= 15 is 0 Å². The molecule has 1 saturated carbocycles. The normalized spacial score (nSPS) is 23.2. The lowest BCUT2D eigenvalue weighted by molar-refractivity contribution is -0.182. The molecule has 20 heavy (non-hydrogen) atoms. The Bertz CT molecular complexity index is 336. The highest BCUT2D eigenvalue weighted by atomic mass is 19.4. The maximum Gasteiger partial charge on any atom is 0.391 e. The van der Waals surface area contributed by atoms with E-state index in [-0.39, 0.29) is 44.2 Å². The zero-order valence-electron chi connectivity index (χ0n) is 11.5. The van der Waals surface area contributed by atoms with Crippen LogP contribution in [0.3, 0.4) is 0 Å². The zero-order chi connectivity index (χ0) is 15.2. The van der Waals surface area contributed by atoms with Crippen molar-refractivity contribution in [1.82, 2.24) is 5.32 Å². The minimum Gasteiger partial charge on any atom is -0.466 e. The van der Waals surface area contributed by atoms with E-state index in [2.05, 4.69) is 10.1 Å². The van der Waals surface area contributed by atoms with Crippen LogP contribution >= 0.6 is 0 Å². The first-order valence-corrected chi connectivity index (χ1v) is 6.84. The minimum absolute atomic E-state index is 0.00241. The van der Waals surface area contributed by atoms with Crippen LogP contribution in [0.15, 0.2) is 0 Å². The summed E-state index contributed by atoms with van der Waals surface area (Å²) < 4.78 is 42.1. The SMILES string of the molecule is CCOC(=O)CCC(=O)NC1CCC(C(F)(F)F)CC1. The largest absolute Gasteiger partial charge is 0.466 e. The number of carbonyl (C=O) groups excluding carboxylic acids is 2. The van der Waals surface area contributed by atoms with Gasteiger partial charge in [-0.15, -0.1) is 0 Å². The van der Waals surface area contributed by atoms with Gasteiger partial charge in [-0.05, 0) is 32.6 Å². The van der Waals surface area contributed by atoms with Crippen LogP contribution in [0.4, 0.5) is 13.2 Å². The average molecular weight is 295 g/mol. The molecule has 0 atom stereocenters. The van der Waals surface area contributed by atoms with Crippen molar-refractivity contribution in [2.75, 3.05) is 6.61 Å². The van der Waals surface area contributed by atoms with Gasteiger partial charge in [0.2, 0.25) is 5.91 Å². The maximum atomic E-state index is 12.5. The van der Waals surface area contributed by atoms with Crippen LogP contribution < -0.4 is 5.32 Å². The van der Waals surface area contributed by atoms with Gasteiger partial charge in [-0.3, -0.25) is 9.59 Å². The molecule has 0 aliphatic heterocycles. The van der Waals surface area contributed by atoms with Gasteiger partial charge in [0.05, 0.1) is 18.9 Å². The number of ether oxygens (including phenoxy) is 1. The Hall–Kier alpha value is -1.27. The van der Waals surface area contributed by atoms with Crippen molar-refractivity contribution in [2.24, 2.45) is 5.92 Å². The number of nitrogens with one attached hydrogen (secondary N) is 1. The fourth-order valence-electron chi connectivity index (χ4n) is 2.31. The van der Waals surface area contributed by atoms with Gasteiger partial charge < -0.3 is 10.1 Å². The van der Waals surface area contributed by atoms with Gasteiger partial charge in [0.25, 0.3) is 0 Å². The molecule has 0 radical (unpaired) electrons. The van der Waals surface area contributed by atoms with Crippen molar-refractivity contribution in [2.45, 2.75) is 57.7 Å². The number of hydrogen-bond acceptors (Lipinski definition) is 3. The summed E-state index contributed by atoms with van der Waals surface area (Å²) in [5.74, 6) is -2.01. The standard InChI is InChI=1S/C13H20F3NO3/c1-2-20-12(19)8-7-11(18)17-10-5-3-9(4-6-10)13(14,15)16/h9-10H,2-8H2,1H3,(H,17,18). The van der Waals surface area contributed by atoms with Crippen molar-refractivity contribution < 1.29 is 27.5 Å². The minimum atomic E-state index is -4.14. The highest BCUT2D eigenvalue weighted by molar-refractivity contribution is 5.81. The molecule has 0 aromatic heterocycles. The van der Waals surface area contributed by atoms with Crippen molar-refractivity contribution in [1.29, 1.82) is 0 Å². The molecule has 1 N–H and O–H groups in total. The van der Waals surface area contributed by atoms with Crippen molar-refractivity contribution in [3.05, 3.63) is 0 Å². The van der Waals surface area contributed by atoms with E-state index in [9.17, 15) is 22.8 Å². The molecule has 0 bridgehead atoms. The third kappa shape index (κ3) is 5.79. The molecular weight excluding hydrogens is 275 g/mol. The van der Waals surface area contributed by atoms with E-state index in [4.69, 9.17) is 0 Å². The number of carbonyl (C=O) groups is 2. The highest BCUT2D eigenvalue weighted by Gasteiger charge is 2.41. The molecule has 0 saturated heterocycles. The quantitative estimate of drug-likeness (QED) is 0.793. The van der Waals surface area contributed by atoms with Crippen LogP contribution in [0.5, 0.6) is 0 Å². The van der Waals surface area contributed by atoms with Gasteiger partial charge in [-0.1, -0.05) is 0 Å². The second kappa shape index (κ2) is 7.50. The number of esters is 1. The topological polar surface area (TPSA) is 55.4 Å². The molecule has 1 aliphatic carbocycles. The molecule has 0 aromatic carbocycles. The number of hydrogen-bond donors (Lipinski definition) is 1. The first-order valence-electron chi connectivity index (χ1n) is 6.84. The summed E-state index contributed by atoms with van der Waals surface area (Å²) in [5.41, 5.74) is 0. The first kappa shape index (κ1) is 16.8. The first-order chi connectivity index (χ1) is 9.32. The van der Waals surface area contributed by atoms with Gasteiger partial charge in [0.15, 0.2) is 0 Å². The van der Waals surface area contributed by atoms with Gasteiger partial charge in [-0.2, -0.15) is 13.2 Å². The Morgan fingerprint density at radius 1 is 1.15 bits per heavy atom. The summed E-state index contributed by atoms with van der Waals surface area (Å²) in [6.07, 6.45) is -3.38. The summed E-state index contributed by atoms with van der Waals surface area (Å²) in [5, 5.41) is 2.67. The van der Waals surface area contributed by atoms with Crippen LogP contribution in [0.1, 0.15) is 45.4 Å². The molecule has 1 rings (SSSR count). The average Bonchev–Trinajstić information content (AvgIpc) is 2.36. The highest BCUT2D eigenvalue weighted by Crippen LogP contribution is 2.37. The number of alkyl halides is 3. The molecule has 0 aromatic rings. The van der Waals surface area contributed by atoms with Crippen LogP contribution in [-0.2, 0) is 14.3 Å². The molecule has 1 fully saturated rings. The van der Waals surface area contributed by atoms with E-state index < -0.39 is 18.1 Å². The van der Waals surface area contributed by atoms with Crippen LogP contribution in [0, 0.1) is 5.92 Å². The smallest absolute Gasteiger partial charge is 0.391 e. The van der Waals surface area contributed by atoms with Crippen LogP contribution in [0.25, 0.3) is 0 Å². The Morgan fingerprint density at radius 2 is 1.75 bits per heavy atom. The number of amides is 1. The summed E-state index contributed by atoms with van der Waals surface area (Å²) >= 11 is 0. The second-order valence-corrected chi connectivity index (χ2v) is 4.96. The Labute approximate surface area is 116 Å². The van der Waals surface area contributed by atoms with Crippen molar-refractivity contribution in [3.63, 3.8) is 0 Å². The van der Waals surface area contributed by atoms with E-state index in [0.717, 1.165) is 0 Å². The lowest BCUT2D eigenvalue weighted by Crippen LogP contribution is -2.40. The third-order valence-electron chi connectivity index (χ3n) is 3.42. The summed E-state index contributed by atoms with van der Waals surface area (Å²) in [4.78, 5) is 22.6. The fraction of sp³-hybridized carbons (Fsp3) is 0.846. The monoisotopic (exact) mass is 295 g/mol. The second-order valence-electron chi connectivity index (χ2n) is 4.96. The molecule has 1 amide bonds. The molecular formula is C13H20F3NO3. The van der Waals surface area contributed by atoms with Crippen LogP contribution in [0.2, 0.25) is 0 Å². The summed E-state index contributed by atoms with van der Waals surface area (Å²) in [6.45, 7) is 1.94. The lowest BCUT2D eigenvalue weighted by atomic mass is 9.85. The van der Waals surface area contributed by atoms with E-state index in [1.54, 1.807) is 6.92 Å². The molecule has 0 spiro atoms. The molecule has 116 valence electrons. The molecule has 7 heteroatoms. The third-order valence-corrected chi connectivity index (χ3v) is 3.42. The zero-order valence-corrected chi connectivity index (χ0v) is 11.5. The summed E-state index contributed by atoms with van der Waals surface area (Å²) in [6, 6.07) is -0.219. The molecule has 0 unspecified atom stereocenters. The summed E-state index contributed by atoms with van der Waals surface area (Å²) in [7, 11) is 0. The van der Waals surface area contributed by atoms with E-state index in [1.165, 1.54) is 0 Å². The Kier molecular flexibility index (Phi) is 6.29. The molecule has 0 heterocycles. The van der Waals surface area contributed by atoms with Gasteiger partial charge in [0, 0.05) is 12.5 Å². The Balaban J connectivity index is 2.23. The lowest BCUT2D eigenvalue weighted by Gasteiger charge is -2.30. The fourth-order valence-corrected chi connectivity index (χ4v) is 2.31. The van der Waals surface area contributed by atoms with Crippen molar-refractivity contribution in [3.8, 4) is 0 Å². The van der Waals surface area contributed by atoms with Crippen LogP contribution in [-0.4, -0.2) is 30.7 Å². The van der Waals surface area contributed by atoms with Crippen molar-refractivity contribution >= 4 is 11.9 Å². The number of halogens is 3. The molecule has 1 aliphatic rings. The van der Waals surface area contributed by atoms with E-state index in [1.807, 2.05) is 0 Å². The number of rotatable bonds is 5. The van der Waals surface area contributed by atoms with Gasteiger partial charge >= 0.3 is 12.1 Å². The van der Waals surface area contributed by atoms with E-state index in [0.29, 0.717) is 12.8 Å². The predicted molar refractivity (Wildman–Crippen MR) is 65.8 cm³/mol. The maximum absolute atomic E-state index is 12.5. The predicted octanol–water partition coefficient (Wildman–Crippen LogP) is 2.57. The van der Waals surface area contributed by atoms with Gasteiger partial charge in [-0.25, -0.2) is 0 Å². The van der Waals surface area contributed by atoms with Gasteiger partial charge in [0.1, 0.15) is 0 Å². The Morgan fingerprint density at radius 3 is 2.25 bits per heavy atom. The molecule has 4 nitrogen and oxygen atoms in total.